The van der Waals surface area contributed by atoms with Gasteiger partial charge in [0.2, 0.25) is 0 Å². The van der Waals surface area contributed by atoms with Crippen molar-refractivity contribution in [2.24, 2.45) is 5.73 Å². The fraction of sp³-hybridized carbons (Fsp3) is 0.571. The summed E-state index contributed by atoms with van der Waals surface area (Å²) in [5.74, 6) is 0. The zero-order valence-electron chi connectivity index (χ0n) is 10.3. The topological polar surface area (TPSA) is 38.0 Å². The van der Waals surface area contributed by atoms with Crippen molar-refractivity contribution in [1.82, 2.24) is 0 Å². The van der Waals surface area contributed by atoms with Crippen LogP contribution in [0.5, 0.6) is 0 Å². The van der Waals surface area contributed by atoms with Crippen LogP contribution < -0.4 is 11.1 Å². The highest BCUT2D eigenvalue weighted by Gasteiger charge is 2.21. The van der Waals surface area contributed by atoms with Crippen molar-refractivity contribution in [1.29, 1.82) is 0 Å². The predicted molar refractivity (Wildman–Crippen MR) is 69.8 cm³/mol. The molecule has 16 heavy (non-hydrogen) atoms. The minimum Gasteiger partial charge on any atom is -0.381 e. The Kier molecular flexibility index (Phi) is 3.49. The van der Waals surface area contributed by atoms with Crippen molar-refractivity contribution in [3.05, 3.63) is 29.3 Å². The molecule has 3 N–H and O–H groups in total. The lowest BCUT2D eigenvalue weighted by Crippen LogP contribution is -2.42. The monoisotopic (exact) mass is 218 g/mol. The maximum Gasteiger partial charge on any atom is 0.0412 e. The van der Waals surface area contributed by atoms with E-state index in [4.69, 9.17) is 5.73 Å². The van der Waals surface area contributed by atoms with Gasteiger partial charge in [0.15, 0.2) is 0 Å². The smallest absolute Gasteiger partial charge is 0.0412 e. The summed E-state index contributed by atoms with van der Waals surface area (Å²) in [6.45, 7) is 4.30. The number of aryl methyl sites for hydroxylation is 2. The Morgan fingerprint density at radius 3 is 2.56 bits per heavy atom. The molecular weight excluding hydrogens is 196 g/mol. The summed E-state index contributed by atoms with van der Waals surface area (Å²) >= 11 is 0. The molecule has 0 spiro atoms. The number of nitrogens with one attached hydrogen (secondary N) is 1. The summed E-state index contributed by atoms with van der Waals surface area (Å²) in [6, 6.07) is 7.32. The average Bonchev–Trinajstić information content (AvgIpc) is 2.27. The normalized spacial score (nSPS) is 25.4. The van der Waals surface area contributed by atoms with E-state index in [1.165, 1.54) is 36.1 Å². The standard InChI is InChI=1S/C14H22N2/c1-10-7-8-12(9-11(10)2)16-14-6-4-3-5-13(14)15/h7-9,13-14,16H,3-6,15H2,1-2H3. The molecule has 1 saturated carbocycles. The Hall–Kier alpha value is -1.02. The van der Waals surface area contributed by atoms with Gasteiger partial charge >= 0.3 is 0 Å². The molecule has 2 atom stereocenters. The van der Waals surface area contributed by atoms with Gasteiger partial charge in [-0.3, -0.25) is 0 Å². The van der Waals surface area contributed by atoms with E-state index in [0.717, 1.165) is 6.42 Å². The molecule has 2 rings (SSSR count). The molecule has 2 nitrogen and oxygen atoms in total. The van der Waals surface area contributed by atoms with Crippen LogP contribution in [0.25, 0.3) is 0 Å². The molecule has 88 valence electrons. The van der Waals surface area contributed by atoms with Crippen molar-refractivity contribution in [3.8, 4) is 0 Å². The van der Waals surface area contributed by atoms with E-state index in [9.17, 15) is 0 Å². The second kappa shape index (κ2) is 4.88. The van der Waals surface area contributed by atoms with E-state index in [0.29, 0.717) is 12.1 Å². The Labute approximate surface area is 98.2 Å². The number of nitrogens with two attached hydrogens (primary N) is 1. The van der Waals surface area contributed by atoms with Gasteiger partial charge in [-0.15, -0.1) is 0 Å². The van der Waals surface area contributed by atoms with Gasteiger partial charge in [0.25, 0.3) is 0 Å². The fourth-order valence-electron chi connectivity index (χ4n) is 2.38. The first-order chi connectivity index (χ1) is 7.66. The number of anilines is 1. The van der Waals surface area contributed by atoms with Crippen LogP contribution in [0.4, 0.5) is 5.69 Å². The molecule has 2 heteroatoms. The van der Waals surface area contributed by atoms with Crippen LogP contribution in [-0.4, -0.2) is 12.1 Å². The molecule has 0 aromatic heterocycles. The molecule has 0 bridgehead atoms. The summed E-state index contributed by atoms with van der Waals surface area (Å²) in [4.78, 5) is 0. The lowest BCUT2D eigenvalue weighted by Gasteiger charge is -2.30. The van der Waals surface area contributed by atoms with Gasteiger partial charge in [0.1, 0.15) is 0 Å². The van der Waals surface area contributed by atoms with E-state index in [-0.39, 0.29) is 0 Å². The maximum absolute atomic E-state index is 6.13. The van der Waals surface area contributed by atoms with Crippen LogP contribution in [0.15, 0.2) is 18.2 Å². The fourth-order valence-corrected chi connectivity index (χ4v) is 2.38. The second-order valence-electron chi connectivity index (χ2n) is 5.00. The molecule has 1 aromatic carbocycles. The van der Waals surface area contributed by atoms with Crippen molar-refractivity contribution in [3.63, 3.8) is 0 Å². The molecule has 0 radical (unpaired) electrons. The maximum atomic E-state index is 6.13. The third kappa shape index (κ3) is 2.56. The third-order valence-electron chi connectivity index (χ3n) is 3.68. The SMILES string of the molecule is Cc1ccc(NC2CCCCC2N)cc1C. The van der Waals surface area contributed by atoms with Crippen molar-refractivity contribution in [2.45, 2.75) is 51.6 Å². The van der Waals surface area contributed by atoms with Gasteiger partial charge in [-0.2, -0.15) is 0 Å². The van der Waals surface area contributed by atoms with Crippen molar-refractivity contribution >= 4 is 5.69 Å². The Morgan fingerprint density at radius 2 is 1.88 bits per heavy atom. The predicted octanol–water partition coefficient (Wildman–Crippen LogP) is 2.99. The molecule has 1 aliphatic rings. The molecule has 0 heterocycles. The minimum atomic E-state index is 0.315. The van der Waals surface area contributed by atoms with Gasteiger partial charge in [0, 0.05) is 17.8 Å². The minimum absolute atomic E-state index is 0.315. The largest absolute Gasteiger partial charge is 0.381 e. The van der Waals surface area contributed by atoms with Gasteiger partial charge in [-0.1, -0.05) is 18.9 Å². The quantitative estimate of drug-likeness (QED) is 0.801. The summed E-state index contributed by atoms with van der Waals surface area (Å²) in [5.41, 5.74) is 10.0. The van der Waals surface area contributed by atoms with Crippen LogP contribution in [0.1, 0.15) is 36.8 Å². The number of hydrogen-bond acceptors (Lipinski definition) is 2. The van der Waals surface area contributed by atoms with Crippen molar-refractivity contribution in [2.75, 3.05) is 5.32 Å². The lowest BCUT2D eigenvalue weighted by atomic mass is 9.91. The highest BCUT2D eigenvalue weighted by Crippen LogP contribution is 2.22. The van der Waals surface area contributed by atoms with Gasteiger partial charge in [-0.05, 0) is 49.9 Å². The Morgan fingerprint density at radius 1 is 1.12 bits per heavy atom. The first kappa shape index (κ1) is 11.5. The van der Waals surface area contributed by atoms with Crippen LogP contribution in [-0.2, 0) is 0 Å². The molecule has 0 aliphatic heterocycles. The summed E-state index contributed by atoms with van der Waals surface area (Å²) < 4.78 is 0. The zero-order chi connectivity index (χ0) is 11.5. The third-order valence-corrected chi connectivity index (χ3v) is 3.68. The van der Waals surface area contributed by atoms with Crippen LogP contribution in [0.3, 0.4) is 0 Å². The van der Waals surface area contributed by atoms with Crippen molar-refractivity contribution < 1.29 is 0 Å². The van der Waals surface area contributed by atoms with Crippen LogP contribution in [0.2, 0.25) is 0 Å². The van der Waals surface area contributed by atoms with E-state index < -0.39 is 0 Å². The van der Waals surface area contributed by atoms with E-state index in [1.54, 1.807) is 0 Å². The van der Waals surface area contributed by atoms with E-state index in [2.05, 4.69) is 37.4 Å². The highest BCUT2D eigenvalue weighted by molar-refractivity contribution is 5.49. The Balaban J connectivity index is 2.05. The molecule has 0 saturated heterocycles. The number of benzene rings is 1. The van der Waals surface area contributed by atoms with E-state index >= 15 is 0 Å². The number of hydrogen-bond donors (Lipinski definition) is 2. The number of rotatable bonds is 2. The molecule has 0 amide bonds. The first-order valence-electron chi connectivity index (χ1n) is 6.26. The summed E-state index contributed by atoms with van der Waals surface area (Å²) in [6.07, 6.45) is 4.94. The lowest BCUT2D eigenvalue weighted by molar-refractivity contribution is 0.404. The molecule has 2 unspecified atom stereocenters. The molecule has 1 aromatic rings. The average molecular weight is 218 g/mol. The summed E-state index contributed by atoms with van der Waals surface area (Å²) in [5, 5.41) is 3.57. The zero-order valence-corrected chi connectivity index (χ0v) is 10.3. The summed E-state index contributed by atoms with van der Waals surface area (Å²) in [7, 11) is 0. The van der Waals surface area contributed by atoms with E-state index in [1.807, 2.05) is 0 Å². The molecular formula is C14H22N2. The molecule has 1 aliphatic carbocycles. The first-order valence-corrected chi connectivity index (χ1v) is 6.26. The van der Waals surface area contributed by atoms with Crippen LogP contribution in [0, 0.1) is 13.8 Å². The van der Waals surface area contributed by atoms with Gasteiger partial charge in [0.05, 0.1) is 0 Å². The second-order valence-corrected chi connectivity index (χ2v) is 5.00. The van der Waals surface area contributed by atoms with Crippen LogP contribution >= 0.6 is 0 Å². The Bertz CT molecular complexity index is 360. The highest BCUT2D eigenvalue weighted by atomic mass is 15.0. The van der Waals surface area contributed by atoms with Gasteiger partial charge in [-0.25, -0.2) is 0 Å². The molecule has 1 fully saturated rings. The van der Waals surface area contributed by atoms with Gasteiger partial charge < -0.3 is 11.1 Å².